The van der Waals surface area contributed by atoms with Gasteiger partial charge in [0, 0.05) is 12.1 Å². The highest BCUT2D eigenvalue weighted by Crippen LogP contribution is 2.24. The van der Waals surface area contributed by atoms with E-state index in [0.717, 1.165) is 21.3 Å². The van der Waals surface area contributed by atoms with Crippen molar-refractivity contribution in [1.82, 2.24) is 4.57 Å². The lowest BCUT2D eigenvalue weighted by Gasteiger charge is -2.05. The predicted octanol–water partition coefficient (Wildman–Crippen LogP) is 5.91. The van der Waals surface area contributed by atoms with Crippen LogP contribution in [0.25, 0.3) is 21.3 Å². The van der Waals surface area contributed by atoms with Crippen molar-refractivity contribution < 1.29 is 4.79 Å². The zero-order valence-electron chi connectivity index (χ0n) is 16.6. The number of aryl methyl sites for hydroxylation is 2. The molecule has 0 atom stereocenters. The van der Waals surface area contributed by atoms with Crippen molar-refractivity contribution in [2.45, 2.75) is 20.4 Å². The summed E-state index contributed by atoms with van der Waals surface area (Å²) in [6.07, 6.45) is 1.84. The van der Waals surface area contributed by atoms with Crippen LogP contribution in [0.15, 0.2) is 84.4 Å². The minimum atomic E-state index is -0.233. The van der Waals surface area contributed by atoms with E-state index < -0.39 is 0 Å². The number of nitrogens with zero attached hydrogens (tertiary/aromatic N) is 2. The summed E-state index contributed by atoms with van der Waals surface area (Å²) >= 11 is 1.54. The molecule has 0 N–H and O–H groups in total. The lowest BCUT2D eigenvalue weighted by molar-refractivity contribution is 0.0998. The maximum absolute atomic E-state index is 12.8. The number of benzene rings is 3. The lowest BCUT2D eigenvalue weighted by atomic mass is 10.0. The molecule has 0 radical (unpaired) electrons. The first-order valence-corrected chi connectivity index (χ1v) is 10.3. The summed E-state index contributed by atoms with van der Waals surface area (Å²) in [5.74, 6) is -0.233. The van der Waals surface area contributed by atoms with E-state index >= 15 is 0 Å². The van der Waals surface area contributed by atoms with Crippen LogP contribution in [0.2, 0.25) is 0 Å². The van der Waals surface area contributed by atoms with Gasteiger partial charge in [0.15, 0.2) is 4.80 Å². The highest BCUT2D eigenvalue weighted by molar-refractivity contribution is 7.16. The van der Waals surface area contributed by atoms with E-state index in [0.29, 0.717) is 16.9 Å². The van der Waals surface area contributed by atoms with Crippen LogP contribution in [0.3, 0.4) is 0 Å². The Morgan fingerprint density at radius 2 is 1.72 bits per heavy atom. The van der Waals surface area contributed by atoms with E-state index in [-0.39, 0.29) is 5.91 Å². The largest absolute Gasteiger partial charge is 0.312 e. The third-order valence-electron chi connectivity index (χ3n) is 4.86. The number of carbonyl (C=O) groups excluding carboxylic acids is 1. The smallest absolute Gasteiger partial charge is 0.279 e. The second kappa shape index (κ2) is 8.02. The quantitative estimate of drug-likeness (QED) is 0.393. The summed E-state index contributed by atoms with van der Waals surface area (Å²) in [5, 5.41) is 0. The van der Waals surface area contributed by atoms with Gasteiger partial charge in [-0.2, -0.15) is 4.99 Å². The number of rotatable bonds is 4. The van der Waals surface area contributed by atoms with Gasteiger partial charge in [0.25, 0.3) is 5.91 Å². The third-order valence-corrected chi connectivity index (χ3v) is 5.89. The Morgan fingerprint density at radius 3 is 2.41 bits per heavy atom. The minimum absolute atomic E-state index is 0.233. The van der Waals surface area contributed by atoms with E-state index in [1.54, 1.807) is 11.3 Å². The SMILES string of the molecule is C=CCn1c(=NC(=O)c2ccc(-c3ccccc3)cc2)sc2cc(C)cc(C)c21. The molecule has 0 unspecified atom stereocenters. The van der Waals surface area contributed by atoms with Crippen molar-refractivity contribution in [3.05, 3.63) is 101 Å². The summed E-state index contributed by atoms with van der Waals surface area (Å²) < 4.78 is 3.20. The van der Waals surface area contributed by atoms with Gasteiger partial charge in [-0.15, -0.1) is 6.58 Å². The highest BCUT2D eigenvalue weighted by Gasteiger charge is 2.11. The summed E-state index contributed by atoms with van der Waals surface area (Å²) in [4.78, 5) is 18.0. The molecule has 29 heavy (non-hydrogen) atoms. The molecule has 3 aromatic carbocycles. The number of thiazole rings is 1. The van der Waals surface area contributed by atoms with Gasteiger partial charge in [-0.1, -0.05) is 65.9 Å². The van der Waals surface area contributed by atoms with Crippen LogP contribution in [0, 0.1) is 13.8 Å². The third kappa shape index (κ3) is 3.84. The van der Waals surface area contributed by atoms with Gasteiger partial charge < -0.3 is 4.57 Å². The van der Waals surface area contributed by atoms with Crippen LogP contribution >= 0.6 is 11.3 Å². The molecule has 1 amide bonds. The molecule has 4 aromatic rings. The van der Waals surface area contributed by atoms with Crippen molar-refractivity contribution >= 4 is 27.5 Å². The summed E-state index contributed by atoms with van der Waals surface area (Å²) in [7, 11) is 0. The van der Waals surface area contributed by atoms with Crippen molar-refractivity contribution in [2.24, 2.45) is 4.99 Å². The predicted molar refractivity (Wildman–Crippen MR) is 121 cm³/mol. The standard InChI is InChI=1S/C25H22N2OS/c1-4-14-27-23-18(3)15-17(2)16-22(23)29-25(27)26-24(28)21-12-10-20(11-13-21)19-8-6-5-7-9-19/h4-13,15-16H,1,14H2,2-3H3. The Balaban J connectivity index is 1.75. The number of carbonyl (C=O) groups is 1. The van der Waals surface area contributed by atoms with Gasteiger partial charge in [0.1, 0.15) is 0 Å². The van der Waals surface area contributed by atoms with Gasteiger partial charge in [-0.05, 0) is 54.3 Å². The summed E-state index contributed by atoms with van der Waals surface area (Å²) in [6.45, 7) is 8.65. The summed E-state index contributed by atoms with van der Waals surface area (Å²) in [6, 6.07) is 22.0. The molecule has 1 heterocycles. The molecule has 0 aliphatic rings. The van der Waals surface area contributed by atoms with Gasteiger partial charge in [-0.3, -0.25) is 4.79 Å². The molecule has 0 bridgehead atoms. The molecule has 0 fully saturated rings. The molecule has 0 spiro atoms. The molecule has 1 aromatic heterocycles. The number of amides is 1. The number of hydrogen-bond acceptors (Lipinski definition) is 2. The Hall–Kier alpha value is -3.24. The fraction of sp³-hybridized carbons (Fsp3) is 0.120. The van der Waals surface area contributed by atoms with Crippen molar-refractivity contribution in [3.63, 3.8) is 0 Å². The van der Waals surface area contributed by atoms with Crippen molar-refractivity contribution in [1.29, 1.82) is 0 Å². The van der Waals surface area contributed by atoms with Gasteiger partial charge in [-0.25, -0.2) is 0 Å². The molecular formula is C25H22N2OS. The molecular weight excluding hydrogens is 376 g/mol. The lowest BCUT2D eigenvalue weighted by Crippen LogP contribution is -2.16. The van der Waals surface area contributed by atoms with Gasteiger partial charge in [0.2, 0.25) is 0 Å². The molecule has 4 heteroatoms. The second-order valence-corrected chi connectivity index (χ2v) is 8.08. The topological polar surface area (TPSA) is 34.4 Å². The Labute approximate surface area is 174 Å². The molecule has 0 saturated heterocycles. The highest BCUT2D eigenvalue weighted by atomic mass is 32.1. The van der Waals surface area contributed by atoms with E-state index in [9.17, 15) is 4.79 Å². The van der Waals surface area contributed by atoms with E-state index in [1.165, 1.54) is 11.1 Å². The van der Waals surface area contributed by atoms with E-state index in [1.807, 2.05) is 48.5 Å². The van der Waals surface area contributed by atoms with Crippen LogP contribution < -0.4 is 4.80 Å². The van der Waals surface area contributed by atoms with Gasteiger partial charge in [0.05, 0.1) is 10.2 Å². The monoisotopic (exact) mass is 398 g/mol. The van der Waals surface area contributed by atoms with Crippen LogP contribution in [0.4, 0.5) is 0 Å². The zero-order chi connectivity index (χ0) is 20.4. The Bertz CT molecular complexity index is 1260. The van der Waals surface area contributed by atoms with Crippen LogP contribution in [0.5, 0.6) is 0 Å². The van der Waals surface area contributed by atoms with Crippen molar-refractivity contribution in [3.8, 4) is 11.1 Å². The number of hydrogen-bond donors (Lipinski definition) is 0. The Morgan fingerprint density at radius 1 is 1.03 bits per heavy atom. The van der Waals surface area contributed by atoms with Crippen LogP contribution in [0.1, 0.15) is 21.5 Å². The molecule has 0 saturated carbocycles. The Kier molecular flexibility index (Phi) is 5.28. The molecule has 144 valence electrons. The average molecular weight is 399 g/mol. The first kappa shape index (κ1) is 19.1. The first-order valence-electron chi connectivity index (χ1n) is 9.53. The van der Waals surface area contributed by atoms with Crippen molar-refractivity contribution in [2.75, 3.05) is 0 Å². The minimum Gasteiger partial charge on any atom is -0.312 e. The van der Waals surface area contributed by atoms with Gasteiger partial charge >= 0.3 is 0 Å². The number of fused-ring (bicyclic) bond motifs is 1. The molecule has 4 rings (SSSR count). The number of aromatic nitrogens is 1. The molecule has 3 nitrogen and oxygen atoms in total. The van der Waals surface area contributed by atoms with Crippen LogP contribution in [-0.2, 0) is 6.54 Å². The number of allylic oxidation sites excluding steroid dienone is 1. The normalized spacial score (nSPS) is 11.7. The first-order chi connectivity index (χ1) is 14.1. The van der Waals surface area contributed by atoms with E-state index in [4.69, 9.17) is 0 Å². The maximum Gasteiger partial charge on any atom is 0.279 e. The second-order valence-electron chi connectivity index (χ2n) is 7.07. The van der Waals surface area contributed by atoms with E-state index in [2.05, 4.69) is 54.3 Å². The zero-order valence-corrected chi connectivity index (χ0v) is 17.4. The fourth-order valence-electron chi connectivity index (χ4n) is 3.56. The molecule has 0 aliphatic heterocycles. The summed E-state index contributed by atoms with van der Waals surface area (Å²) in [5.41, 5.74) is 6.29. The maximum atomic E-state index is 12.8. The average Bonchev–Trinajstić information content (AvgIpc) is 3.06. The van der Waals surface area contributed by atoms with Crippen LogP contribution in [-0.4, -0.2) is 10.5 Å². The fourth-order valence-corrected chi connectivity index (χ4v) is 4.78. The molecule has 0 aliphatic carbocycles.